The number of aliphatic hydroxyl groups is 1. The van der Waals surface area contributed by atoms with Crippen molar-refractivity contribution in [1.82, 2.24) is 10.6 Å². The number of rotatable bonds is 9. The summed E-state index contributed by atoms with van der Waals surface area (Å²) in [4.78, 5) is 5.16. The highest BCUT2D eigenvalue weighted by Crippen LogP contribution is 2.29. The van der Waals surface area contributed by atoms with E-state index in [4.69, 9.17) is 4.74 Å². The van der Waals surface area contributed by atoms with Gasteiger partial charge in [-0.05, 0) is 36.8 Å². The number of benzene rings is 1. The fourth-order valence-electron chi connectivity index (χ4n) is 2.44. The predicted molar refractivity (Wildman–Crippen MR) is 102 cm³/mol. The van der Waals surface area contributed by atoms with Gasteiger partial charge in [0.15, 0.2) is 5.96 Å². The van der Waals surface area contributed by atoms with E-state index < -0.39 is 6.10 Å². The number of nitrogens with one attached hydrogen (secondary N) is 2. The number of guanidine groups is 1. The van der Waals surface area contributed by atoms with E-state index in [1.54, 1.807) is 25.5 Å². The van der Waals surface area contributed by atoms with Gasteiger partial charge >= 0.3 is 0 Å². The molecule has 2 rings (SSSR count). The van der Waals surface area contributed by atoms with E-state index in [1.165, 1.54) is 10.1 Å². The van der Waals surface area contributed by atoms with Crippen molar-refractivity contribution in [3.05, 3.63) is 35.2 Å². The molecule has 1 atom stereocenters. The van der Waals surface area contributed by atoms with Crippen LogP contribution in [0.15, 0.2) is 35.3 Å². The number of thiophene rings is 1. The number of hydrogen-bond donors (Lipinski definition) is 3. The lowest BCUT2D eigenvalue weighted by molar-refractivity contribution is 0.184. The van der Waals surface area contributed by atoms with Gasteiger partial charge in [-0.15, -0.1) is 11.3 Å². The van der Waals surface area contributed by atoms with Crippen LogP contribution < -0.4 is 10.6 Å². The van der Waals surface area contributed by atoms with Crippen LogP contribution in [-0.2, 0) is 4.74 Å². The normalized spacial score (nSPS) is 13.2. The van der Waals surface area contributed by atoms with Crippen molar-refractivity contribution >= 4 is 27.4 Å². The molecule has 0 aliphatic rings. The van der Waals surface area contributed by atoms with Gasteiger partial charge in [0.05, 0.1) is 0 Å². The molecule has 0 amide bonds. The highest BCUT2D eigenvalue weighted by molar-refractivity contribution is 7.19. The van der Waals surface area contributed by atoms with Crippen LogP contribution in [0.5, 0.6) is 0 Å². The Labute approximate surface area is 147 Å². The largest absolute Gasteiger partial charge is 0.386 e. The Kier molecular flexibility index (Phi) is 8.01. The van der Waals surface area contributed by atoms with Crippen LogP contribution in [0.1, 0.15) is 30.2 Å². The summed E-state index contributed by atoms with van der Waals surface area (Å²) >= 11 is 1.63. The lowest BCUT2D eigenvalue weighted by Gasteiger charge is -2.14. The van der Waals surface area contributed by atoms with Gasteiger partial charge in [-0.25, -0.2) is 0 Å². The first-order chi connectivity index (χ1) is 11.7. The lowest BCUT2D eigenvalue weighted by atomic mass is 10.2. The molecule has 1 heterocycles. The minimum atomic E-state index is -0.539. The molecule has 0 aliphatic heterocycles. The zero-order chi connectivity index (χ0) is 17.2. The summed E-state index contributed by atoms with van der Waals surface area (Å²) in [6.45, 7) is 2.12. The van der Waals surface area contributed by atoms with E-state index >= 15 is 0 Å². The monoisotopic (exact) mass is 349 g/mol. The van der Waals surface area contributed by atoms with Crippen molar-refractivity contribution < 1.29 is 9.84 Å². The van der Waals surface area contributed by atoms with Crippen LogP contribution in [0.2, 0.25) is 0 Å². The molecule has 0 saturated heterocycles. The highest BCUT2D eigenvalue weighted by Gasteiger charge is 2.12. The molecule has 0 spiro atoms. The van der Waals surface area contributed by atoms with Crippen molar-refractivity contribution in [1.29, 1.82) is 0 Å². The topological polar surface area (TPSA) is 65.9 Å². The first-order valence-electron chi connectivity index (χ1n) is 8.34. The third-order valence-corrected chi connectivity index (χ3v) is 4.99. The minimum absolute atomic E-state index is 0.441. The Morgan fingerprint density at radius 3 is 2.83 bits per heavy atom. The SMILES string of the molecule is CN=C(NCCCCCOC)NCC(O)c1cc2ccccc2s1. The van der Waals surface area contributed by atoms with Gasteiger partial charge in [0.2, 0.25) is 0 Å². The maximum absolute atomic E-state index is 10.4. The number of unbranched alkanes of at least 4 members (excludes halogenated alkanes) is 2. The van der Waals surface area contributed by atoms with Gasteiger partial charge in [0, 0.05) is 43.4 Å². The molecule has 3 N–H and O–H groups in total. The molecule has 0 radical (unpaired) electrons. The van der Waals surface area contributed by atoms with Crippen LogP contribution >= 0.6 is 11.3 Å². The Hall–Kier alpha value is -1.63. The van der Waals surface area contributed by atoms with Crippen LogP contribution in [0, 0.1) is 0 Å². The molecule has 0 bridgehead atoms. The summed E-state index contributed by atoms with van der Waals surface area (Å²) in [5, 5.41) is 18.0. The van der Waals surface area contributed by atoms with E-state index in [0.717, 1.165) is 43.3 Å². The summed E-state index contributed by atoms with van der Waals surface area (Å²) in [5.74, 6) is 0.724. The summed E-state index contributed by atoms with van der Waals surface area (Å²) in [5.41, 5.74) is 0. The van der Waals surface area contributed by atoms with Gasteiger partial charge in [0.25, 0.3) is 0 Å². The van der Waals surface area contributed by atoms with Crippen LogP contribution in [0.25, 0.3) is 10.1 Å². The number of nitrogens with zero attached hydrogens (tertiary/aromatic N) is 1. The number of hydrogen-bond acceptors (Lipinski definition) is 4. The second-order valence-electron chi connectivity index (χ2n) is 5.64. The third kappa shape index (κ3) is 5.78. The Bertz CT molecular complexity index is 609. The molecular formula is C18H27N3O2S. The van der Waals surface area contributed by atoms with E-state index in [0.29, 0.717) is 6.54 Å². The molecule has 132 valence electrons. The molecule has 1 aromatic carbocycles. The minimum Gasteiger partial charge on any atom is -0.386 e. The fraction of sp³-hybridized carbons (Fsp3) is 0.500. The molecule has 6 heteroatoms. The molecule has 5 nitrogen and oxygen atoms in total. The quantitative estimate of drug-likeness (QED) is 0.370. The van der Waals surface area contributed by atoms with Gasteiger partial charge in [-0.2, -0.15) is 0 Å². The van der Waals surface area contributed by atoms with Crippen molar-refractivity contribution in [3.63, 3.8) is 0 Å². The van der Waals surface area contributed by atoms with Gasteiger partial charge < -0.3 is 20.5 Å². The second-order valence-corrected chi connectivity index (χ2v) is 6.75. The molecule has 1 unspecified atom stereocenters. The third-order valence-electron chi connectivity index (χ3n) is 3.78. The Balaban J connectivity index is 1.74. The summed E-state index contributed by atoms with van der Waals surface area (Å²) < 4.78 is 6.24. The van der Waals surface area contributed by atoms with Crippen molar-refractivity contribution in [2.75, 3.05) is 33.9 Å². The predicted octanol–water partition coefficient (Wildman–Crippen LogP) is 2.92. The van der Waals surface area contributed by atoms with E-state index in [-0.39, 0.29) is 0 Å². The standard InChI is InChI=1S/C18H27N3O2S/c1-19-18(20-10-6-3-7-11-23-2)21-13-15(22)17-12-14-8-4-5-9-16(14)24-17/h4-5,8-9,12,15,22H,3,6-7,10-11,13H2,1-2H3,(H2,19,20,21). The summed E-state index contributed by atoms with van der Waals surface area (Å²) in [6, 6.07) is 10.2. The number of aliphatic hydroxyl groups excluding tert-OH is 1. The van der Waals surface area contributed by atoms with E-state index in [2.05, 4.69) is 33.8 Å². The smallest absolute Gasteiger partial charge is 0.191 e. The maximum Gasteiger partial charge on any atom is 0.191 e. The molecule has 0 aliphatic carbocycles. The first kappa shape index (κ1) is 18.7. The molecule has 1 aromatic heterocycles. The fourth-order valence-corrected chi connectivity index (χ4v) is 3.49. The van der Waals surface area contributed by atoms with Crippen LogP contribution in [0.4, 0.5) is 0 Å². The molecule has 24 heavy (non-hydrogen) atoms. The molecular weight excluding hydrogens is 322 g/mol. The maximum atomic E-state index is 10.4. The van der Waals surface area contributed by atoms with E-state index in [1.807, 2.05) is 12.1 Å². The number of fused-ring (bicyclic) bond motifs is 1. The summed E-state index contributed by atoms with van der Waals surface area (Å²) in [6.07, 6.45) is 2.74. The lowest BCUT2D eigenvalue weighted by Crippen LogP contribution is -2.39. The van der Waals surface area contributed by atoms with Crippen LogP contribution in [0.3, 0.4) is 0 Å². The van der Waals surface area contributed by atoms with E-state index in [9.17, 15) is 5.11 Å². The van der Waals surface area contributed by atoms with Gasteiger partial charge in [-0.1, -0.05) is 18.2 Å². The molecule has 2 aromatic rings. The second kappa shape index (κ2) is 10.3. The zero-order valence-electron chi connectivity index (χ0n) is 14.4. The Morgan fingerprint density at radius 2 is 2.08 bits per heavy atom. The number of ether oxygens (including phenoxy) is 1. The van der Waals surface area contributed by atoms with Crippen molar-refractivity contribution in [2.45, 2.75) is 25.4 Å². The first-order valence-corrected chi connectivity index (χ1v) is 9.16. The van der Waals surface area contributed by atoms with Crippen molar-refractivity contribution in [2.24, 2.45) is 4.99 Å². The average Bonchev–Trinajstić information content (AvgIpc) is 3.04. The van der Waals surface area contributed by atoms with Crippen LogP contribution in [-0.4, -0.2) is 44.9 Å². The number of aliphatic imine (C=N–C) groups is 1. The molecule has 0 fully saturated rings. The zero-order valence-corrected chi connectivity index (χ0v) is 15.2. The number of methoxy groups -OCH3 is 1. The van der Waals surface area contributed by atoms with Gasteiger partial charge in [0.1, 0.15) is 6.10 Å². The Morgan fingerprint density at radius 1 is 1.25 bits per heavy atom. The summed E-state index contributed by atoms with van der Waals surface area (Å²) in [7, 11) is 3.47. The molecule has 0 saturated carbocycles. The van der Waals surface area contributed by atoms with Gasteiger partial charge in [-0.3, -0.25) is 4.99 Å². The highest BCUT2D eigenvalue weighted by atomic mass is 32.1. The average molecular weight is 350 g/mol. The van der Waals surface area contributed by atoms with Crippen molar-refractivity contribution in [3.8, 4) is 0 Å².